The average Bonchev–Trinajstić information content (AvgIpc) is 3.06. The summed E-state index contributed by atoms with van der Waals surface area (Å²) in [6, 6.07) is 7.63. The van der Waals surface area contributed by atoms with Gasteiger partial charge in [-0.2, -0.15) is 0 Å². The summed E-state index contributed by atoms with van der Waals surface area (Å²) in [5.41, 5.74) is 2.70. The van der Waals surface area contributed by atoms with E-state index in [-0.39, 0.29) is 24.2 Å². The van der Waals surface area contributed by atoms with E-state index in [9.17, 15) is 9.59 Å². The van der Waals surface area contributed by atoms with E-state index in [4.69, 9.17) is 0 Å². The quantitative estimate of drug-likeness (QED) is 0.947. The van der Waals surface area contributed by atoms with E-state index in [1.165, 1.54) is 0 Å². The predicted molar refractivity (Wildman–Crippen MR) is 86.7 cm³/mol. The van der Waals surface area contributed by atoms with Crippen LogP contribution in [0.25, 0.3) is 10.6 Å². The molecule has 0 spiro atoms. The minimum atomic E-state index is -0.275. The lowest BCUT2D eigenvalue weighted by Crippen LogP contribution is -2.25. The summed E-state index contributed by atoms with van der Waals surface area (Å²) in [5.74, 6) is -0.361. The molecule has 0 radical (unpaired) electrons. The van der Waals surface area contributed by atoms with Crippen LogP contribution in [0.1, 0.15) is 12.1 Å². The summed E-state index contributed by atoms with van der Waals surface area (Å²) in [6.07, 6.45) is 0.285. The molecular formula is C16H17N3O2S. The van der Waals surface area contributed by atoms with Crippen LogP contribution >= 0.6 is 11.3 Å². The van der Waals surface area contributed by atoms with E-state index in [0.29, 0.717) is 6.54 Å². The number of benzene rings is 1. The van der Waals surface area contributed by atoms with Crippen molar-refractivity contribution < 1.29 is 9.59 Å². The van der Waals surface area contributed by atoms with Crippen molar-refractivity contribution in [2.75, 3.05) is 18.9 Å². The molecular weight excluding hydrogens is 298 g/mol. The molecule has 1 aromatic carbocycles. The van der Waals surface area contributed by atoms with E-state index in [2.05, 4.69) is 10.3 Å². The molecule has 2 amide bonds. The van der Waals surface area contributed by atoms with Crippen molar-refractivity contribution in [1.82, 2.24) is 9.88 Å². The molecule has 1 atom stereocenters. The van der Waals surface area contributed by atoms with Crippen molar-refractivity contribution >= 4 is 28.8 Å². The van der Waals surface area contributed by atoms with Gasteiger partial charge in [-0.15, -0.1) is 11.3 Å². The third-order valence-electron chi connectivity index (χ3n) is 3.71. The standard InChI is InChI=1S/C16H17N3O2S/c1-10-9-22-16(17-10)11-4-3-5-13(6-11)18-15(21)12-7-14(20)19(2)8-12/h3-6,9,12H,7-8H2,1-2H3,(H,18,21). The number of carbonyl (C=O) groups excluding carboxylic acids is 2. The molecule has 1 unspecified atom stereocenters. The van der Waals surface area contributed by atoms with Crippen LogP contribution in [0.3, 0.4) is 0 Å². The molecule has 1 N–H and O–H groups in total. The number of likely N-dealkylation sites (tertiary alicyclic amines) is 1. The van der Waals surface area contributed by atoms with E-state index in [1.54, 1.807) is 23.3 Å². The number of hydrogen-bond donors (Lipinski definition) is 1. The first kappa shape index (κ1) is 14.7. The number of anilines is 1. The number of aromatic nitrogens is 1. The largest absolute Gasteiger partial charge is 0.345 e. The van der Waals surface area contributed by atoms with E-state index in [0.717, 1.165) is 22.0 Å². The van der Waals surface area contributed by atoms with Crippen LogP contribution in [0.2, 0.25) is 0 Å². The molecule has 1 aromatic heterocycles. The maximum absolute atomic E-state index is 12.3. The van der Waals surface area contributed by atoms with Crippen molar-refractivity contribution in [2.45, 2.75) is 13.3 Å². The average molecular weight is 315 g/mol. The summed E-state index contributed by atoms with van der Waals surface area (Å²) < 4.78 is 0. The van der Waals surface area contributed by atoms with Crippen LogP contribution in [-0.2, 0) is 9.59 Å². The van der Waals surface area contributed by atoms with Gasteiger partial charge >= 0.3 is 0 Å². The minimum absolute atomic E-state index is 0.0205. The Labute approximate surface area is 133 Å². The fourth-order valence-electron chi connectivity index (χ4n) is 2.50. The van der Waals surface area contributed by atoms with Gasteiger partial charge in [-0.1, -0.05) is 12.1 Å². The second-order valence-electron chi connectivity index (χ2n) is 5.54. The molecule has 2 aromatic rings. The number of thiazole rings is 1. The lowest BCUT2D eigenvalue weighted by Gasteiger charge is -2.11. The topological polar surface area (TPSA) is 62.3 Å². The van der Waals surface area contributed by atoms with E-state index < -0.39 is 0 Å². The van der Waals surface area contributed by atoms with Gasteiger partial charge in [-0.25, -0.2) is 4.98 Å². The number of amides is 2. The highest BCUT2D eigenvalue weighted by molar-refractivity contribution is 7.13. The second kappa shape index (κ2) is 5.88. The smallest absolute Gasteiger partial charge is 0.229 e. The zero-order valence-electron chi connectivity index (χ0n) is 12.5. The molecule has 0 bridgehead atoms. The van der Waals surface area contributed by atoms with Crippen LogP contribution in [0.15, 0.2) is 29.6 Å². The maximum atomic E-state index is 12.3. The Hall–Kier alpha value is -2.21. The van der Waals surface area contributed by atoms with Crippen LogP contribution in [0.5, 0.6) is 0 Å². The molecule has 1 saturated heterocycles. The van der Waals surface area contributed by atoms with Gasteiger partial charge in [-0.05, 0) is 19.1 Å². The van der Waals surface area contributed by atoms with Gasteiger partial charge in [0.25, 0.3) is 0 Å². The molecule has 2 heterocycles. The Morgan fingerprint density at radius 1 is 1.45 bits per heavy atom. The fraction of sp³-hybridized carbons (Fsp3) is 0.312. The zero-order valence-corrected chi connectivity index (χ0v) is 13.3. The van der Waals surface area contributed by atoms with Gasteiger partial charge in [0.1, 0.15) is 5.01 Å². The lowest BCUT2D eigenvalue weighted by atomic mass is 10.1. The molecule has 22 heavy (non-hydrogen) atoms. The van der Waals surface area contributed by atoms with E-state index >= 15 is 0 Å². The number of nitrogens with one attached hydrogen (secondary N) is 1. The number of hydrogen-bond acceptors (Lipinski definition) is 4. The Morgan fingerprint density at radius 3 is 2.91 bits per heavy atom. The molecule has 1 aliphatic heterocycles. The molecule has 0 saturated carbocycles. The monoisotopic (exact) mass is 315 g/mol. The minimum Gasteiger partial charge on any atom is -0.345 e. The summed E-state index contributed by atoms with van der Waals surface area (Å²) >= 11 is 1.58. The van der Waals surface area contributed by atoms with Gasteiger partial charge in [0.05, 0.1) is 5.92 Å². The van der Waals surface area contributed by atoms with Crippen molar-refractivity contribution in [3.8, 4) is 10.6 Å². The van der Waals surface area contributed by atoms with Crippen molar-refractivity contribution in [1.29, 1.82) is 0 Å². The molecule has 6 heteroatoms. The first-order chi connectivity index (χ1) is 10.5. The number of aryl methyl sites for hydroxylation is 1. The Kier molecular flexibility index (Phi) is 3.94. The molecule has 114 valence electrons. The van der Waals surface area contributed by atoms with Crippen LogP contribution < -0.4 is 5.32 Å². The summed E-state index contributed by atoms with van der Waals surface area (Å²) in [6.45, 7) is 2.44. The normalized spacial score (nSPS) is 17.8. The lowest BCUT2D eigenvalue weighted by molar-refractivity contribution is -0.127. The van der Waals surface area contributed by atoms with Crippen LogP contribution in [0, 0.1) is 12.8 Å². The number of nitrogens with zero attached hydrogens (tertiary/aromatic N) is 2. The third kappa shape index (κ3) is 3.01. The third-order valence-corrected chi connectivity index (χ3v) is 4.72. The van der Waals surface area contributed by atoms with Crippen LogP contribution in [-0.4, -0.2) is 35.3 Å². The highest BCUT2D eigenvalue weighted by Gasteiger charge is 2.32. The summed E-state index contributed by atoms with van der Waals surface area (Å²) in [4.78, 5) is 29.8. The summed E-state index contributed by atoms with van der Waals surface area (Å²) in [7, 11) is 1.72. The molecule has 0 aliphatic carbocycles. The van der Waals surface area contributed by atoms with Gasteiger partial charge in [0.15, 0.2) is 0 Å². The van der Waals surface area contributed by atoms with Crippen molar-refractivity contribution in [2.24, 2.45) is 5.92 Å². The first-order valence-electron chi connectivity index (χ1n) is 7.10. The Bertz CT molecular complexity index is 726. The Balaban J connectivity index is 1.73. The zero-order chi connectivity index (χ0) is 15.7. The number of rotatable bonds is 3. The molecule has 1 aliphatic rings. The number of carbonyl (C=O) groups is 2. The highest BCUT2D eigenvalue weighted by atomic mass is 32.1. The molecule has 3 rings (SSSR count). The fourth-order valence-corrected chi connectivity index (χ4v) is 3.29. The maximum Gasteiger partial charge on any atom is 0.229 e. The molecule has 1 fully saturated rings. The first-order valence-corrected chi connectivity index (χ1v) is 7.98. The van der Waals surface area contributed by atoms with Gasteiger partial charge < -0.3 is 10.2 Å². The van der Waals surface area contributed by atoms with E-state index in [1.807, 2.05) is 36.6 Å². The van der Waals surface area contributed by atoms with Gasteiger partial charge in [0.2, 0.25) is 11.8 Å². The predicted octanol–water partition coefficient (Wildman–Crippen LogP) is 2.54. The van der Waals surface area contributed by atoms with Crippen LogP contribution in [0.4, 0.5) is 5.69 Å². The van der Waals surface area contributed by atoms with Crippen molar-refractivity contribution in [3.63, 3.8) is 0 Å². The van der Waals surface area contributed by atoms with Gasteiger partial charge in [0, 0.05) is 42.3 Å². The highest BCUT2D eigenvalue weighted by Crippen LogP contribution is 2.26. The van der Waals surface area contributed by atoms with Gasteiger partial charge in [-0.3, -0.25) is 9.59 Å². The Morgan fingerprint density at radius 2 is 2.27 bits per heavy atom. The second-order valence-corrected chi connectivity index (χ2v) is 6.40. The molecule has 5 nitrogen and oxygen atoms in total. The van der Waals surface area contributed by atoms with Crippen molar-refractivity contribution in [3.05, 3.63) is 35.3 Å². The summed E-state index contributed by atoms with van der Waals surface area (Å²) in [5, 5.41) is 5.84. The SMILES string of the molecule is Cc1csc(-c2cccc(NC(=O)C3CC(=O)N(C)C3)c2)n1.